The number of anilines is 1. The van der Waals surface area contributed by atoms with E-state index in [1.807, 2.05) is 31.2 Å². The van der Waals surface area contributed by atoms with E-state index in [1.165, 1.54) is 9.21 Å². The number of methoxy groups -OCH3 is 1. The Hall–Kier alpha value is -2.78. The molecule has 0 spiro atoms. The first kappa shape index (κ1) is 29.5. The second-order valence-electron chi connectivity index (χ2n) is 8.61. The molecule has 0 radical (unpaired) electrons. The molecule has 0 fully saturated rings. The van der Waals surface area contributed by atoms with Gasteiger partial charge in [-0.05, 0) is 55.7 Å². The van der Waals surface area contributed by atoms with Gasteiger partial charge in [0.1, 0.15) is 11.8 Å². The summed E-state index contributed by atoms with van der Waals surface area (Å²) in [6, 6.07) is 13.2. The molecule has 0 heterocycles. The van der Waals surface area contributed by atoms with Gasteiger partial charge in [-0.3, -0.25) is 13.9 Å². The molecule has 198 valence electrons. The van der Waals surface area contributed by atoms with Crippen molar-refractivity contribution in [1.82, 2.24) is 10.2 Å². The fourth-order valence-electron chi connectivity index (χ4n) is 3.72. The molecule has 1 atom stereocenters. The first-order valence-electron chi connectivity index (χ1n) is 12.0. The zero-order valence-electron chi connectivity index (χ0n) is 21.4. The van der Waals surface area contributed by atoms with Crippen LogP contribution in [0, 0.1) is 0 Å². The first-order chi connectivity index (χ1) is 17.1. The van der Waals surface area contributed by atoms with Gasteiger partial charge in [0, 0.05) is 31.1 Å². The molecule has 0 saturated carbocycles. The Bertz CT molecular complexity index is 1130. The van der Waals surface area contributed by atoms with Crippen LogP contribution in [0.5, 0.6) is 5.75 Å². The second kappa shape index (κ2) is 14.1. The first-order valence-corrected chi connectivity index (χ1v) is 14.2. The standard InChI is InChI=1S/C26H36ClN3O5S/c1-5-6-15-28-26(32)20(2)29(19-21-10-7-13-24(17-21)35-3)25(31)14-9-16-30(36(4,33)34)23-12-8-11-22(27)18-23/h7-8,10-13,17-18,20H,5-6,9,14-16,19H2,1-4H3,(H,28,32)/t20-/m0/s1. The van der Waals surface area contributed by atoms with Gasteiger partial charge in [0.05, 0.1) is 19.1 Å². The molecular formula is C26H36ClN3O5S. The van der Waals surface area contributed by atoms with Crippen molar-refractivity contribution in [2.45, 2.75) is 52.1 Å². The molecule has 0 unspecified atom stereocenters. The molecule has 2 rings (SSSR count). The number of nitrogens with zero attached hydrogens (tertiary/aromatic N) is 2. The number of amides is 2. The SMILES string of the molecule is CCCCNC(=O)[C@H](C)N(Cc1cccc(OC)c1)C(=O)CCCN(c1cccc(Cl)c1)S(C)(=O)=O. The number of rotatable bonds is 14. The number of unbranched alkanes of at least 4 members (excludes halogenated alkanes) is 1. The molecular weight excluding hydrogens is 502 g/mol. The second-order valence-corrected chi connectivity index (χ2v) is 11.0. The highest BCUT2D eigenvalue weighted by molar-refractivity contribution is 7.92. The number of sulfonamides is 1. The van der Waals surface area contributed by atoms with Crippen molar-refractivity contribution in [3.8, 4) is 5.75 Å². The highest BCUT2D eigenvalue weighted by Crippen LogP contribution is 2.23. The minimum absolute atomic E-state index is 0.0726. The summed E-state index contributed by atoms with van der Waals surface area (Å²) < 4.78 is 31.3. The smallest absolute Gasteiger partial charge is 0.242 e. The Morgan fingerprint density at radius 3 is 2.47 bits per heavy atom. The van der Waals surface area contributed by atoms with Crippen LogP contribution in [-0.4, -0.2) is 57.6 Å². The van der Waals surface area contributed by atoms with E-state index in [2.05, 4.69) is 5.32 Å². The summed E-state index contributed by atoms with van der Waals surface area (Å²) in [7, 11) is -2.01. The van der Waals surface area contributed by atoms with E-state index in [4.69, 9.17) is 16.3 Å². The summed E-state index contributed by atoms with van der Waals surface area (Å²) in [6.07, 6.45) is 3.27. The third kappa shape index (κ3) is 9.02. The molecule has 0 aromatic heterocycles. The molecule has 2 aromatic carbocycles. The van der Waals surface area contributed by atoms with E-state index in [-0.39, 0.29) is 37.7 Å². The van der Waals surface area contributed by atoms with Crippen molar-refractivity contribution in [2.24, 2.45) is 0 Å². The number of hydrogen-bond acceptors (Lipinski definition) is 5. The maximum atomic E-state index is 13.3. The van der Waals surface area contributed by atoms with Crippen molar-refractivity contribution < 1.29 is 22.7 Å². The van der Waals surface area contributed by atoms with Gasteiger partial charge in [-0.2, -0.15) is 0 Å². The average molecular weight is 538 g/mol. The fraction of sp³-hybridized carbons (Fsp3) is 0.462. The van der Waals surface area contributed by atoms with Gasteiger partial charge in [0.25, 0.3) is 0 Å². The molecule has 36 heavy (non-hydrogen) atoms. The van der Waals surface area contributed by atoms with Crippen LogP contribution in [0.3, 0.4) is 0 Å². The maximum absolute atomic E-state index is 13.3. The lowest BCUT2D eigenvalue weighted by atomic mass is 10.1. The van der Waals surface area contributed by atoms with Crippen LogP contribution in [-0.2, 0) is 26.2 Å². The summed E-state index contributed by atoms with van der Waals surface area (Å²) in [5, 5.41) is 3.31. The van der Waals surface area contributed by atoms with E-state index in [1.54, 1.807) is 38.3 Å². The van der Waals surface area contributed by atoms with Crippen LogP contribution in [0.25, 0.3) is 0 Å². The molecule has 10 heteroatoms. The molecule has 0 bridgehead atoms. The quantitative estimate of drug-likeness (QED) is 0.364. The Morgan fingerprint density at radius 1 is 1.11 bits per heavy atom. The van der Waals surface area contributed by atoms with Crippen LogP contribution >= 0.6 is 11.6 Å². The van der Waals surface area contributed by atoms with E-state index in [0.29, 0.717) is 23.0 Å². The minimum atomic E-state index is -3.58. The van der Waals surface area contributed by atoms with Crippen molar-refractivity contribution in [3.63, 3.8) is 0 Å². The van der Waals surface area contributed by atoms with Crippen molar-refractivity contribution in [1.29, 1.82) is 0 Å². The molecule has 0 aliphatic rings. The van der Waals surface area contributed by atoms with Gasteiger partial charge in [0.2, 0.25) is 21.8 Å². The van der Waals surface area contributed by atoms with Gasteiger partial charge in [-0.25, -0.2) is 8.42 Å². The third-order valence-corrected chi connectivity index (χ3v) is 7.16. The minimum Gasteiger partial charge on any atom is -0.497 e. The predicted octanol–water partition coefficient (Wildman–Crippen LogP) is 4.23. The predicted molar refractivity (Wildman–Crippen MR) is 144 cm³/mol. The van der Waals surface area contributed by atoms with Gasteiger partial charge in [-0.1, -0.05) is 43.1 Å². The van der Waals surface area contributed by atoms with Gasteiger partial charge < -0.3 is 15.0 Å². The number of hydrogen-bond donors (Lipinski definition) is 1. The summed E-state index contributed by atoms with van der Waals surface area (Å²) >= 11 is 6.04. The highest BCUT2D eigenvalue weighted by Gasteiger charge is 2.26. The van der Waals surface area contributed by atoms with Crippen LogP contribution in [0.1, 0.15) is 45.1 Å². The number of benzene rings is 2. The fourth-order valence-corrected chi connectivity index (χ4v) is 4.86. The topological polar surface area (TPSA) is 96.0 Å². The van der Waals surface area contributed by atoms with Crippen molar-refractivity contribution in [3.05, 3.63) is 59.1 Å². The molecule has 8 nitrogen and oxygen atoms in total. The molecule has 0 aliphatic heterocycles. The molecule has 1 N–H and O–H groups in total. The van der Waals surface area contributed by atoms with E-state index < -0.39 is 16.1 Å². The monoisotopic (exact) mass is 537 g/mol. The Labute approximate surface area is 219 Å². The third-order valence-electron chi connectivity index (χ3n) is 5.73. The lowest BCUT2D eigenvalue weighted by molar-refractivity contribution is -0.140. The van der Waals surface area contributed by atoms with Crippen LogP contribution in [0.2, 0.25) is 5.02 Å². The lowest BCUT2D eigenvalue weighted by Crippen LogP contribution is -2.48. The highest BCUT2D eigenvalue weighted by atomic mass is 35.5. The van der Waals surface area contributed by atoms with E-state index in [9.17, 15) is 18.0 Å². The Kier molecular flexibility index (Phi) is 11.5. The number of carbonyl (C=O) groups is 2. The summed E-state index contributed by atoms with van der Waals surface area (Å²) in [4.78, 5) is 27.6. The number of ether oxygens (including phenoxy) is 1. The van der Waals surface area contributed by atoms with Crippen molar-refractivity contribution >= 4 is 39.1 Å². The molecule has 2 aromatic rings. The van der Waals surface area contributed by atoms with E-state index in [0.717, 1.165) is 24.7 Å². The summed E-state index contributed by atoms with van der Waals surface area (Å²) in [6.45, 7) is 4.62. The zero-order chi connectivity index (χ0) is 26.7. The van der Waals surface area contributed by atoms with Crippen LogP contribution in [0.4, 0.5) is 5.69 Å². The molecule has 0 saturated heterocycles. The van der Waals surface area contributed by atoms with Gasteiger partial charge in [-0.15, -0.1) is 0 Å². The average Bonchev–Trinajstić information content (AvgIpc) is 2.84. The molecule has 2 amide bonds. The number of halogens is 1. The number of carbonyl (C=O) groups excluding carboxylic acids is 2. The molecule has 0 aliphatic carbocycles. The Morgan fingerprint density at radius 2 is 1.83 bits per heavy atom. The van der Waals surface area contributed by atoms with Gasteiger partial charge in [0.15, 0.2) is 0 Å². The summed E-state index contributed by atoms with van der Waals surface area (Å²) in [5.74, 6) is 0.192. The largest absolute Gasteiger partial charge is 0.497 e. The van der Waals surface area contributed by atoms with Gasteiger partial charge >= 0.3 is 0 Å². The van der Waals surface area contributed by atoms with Crippen LogP contribution in [0.15, 0.2) is 48.5 Å². The normalized spacial score (nSPS) is 12.0. The zero-order valence-corrected chi connectivity index (χ0v) is 22.9. The Balaban J connectivity index is 2.16. The lowest BCUT2D eigenvalue weighted by Gasteiger charge is -2.29. The van der Waals surface area contributed by atoms with Crippen LogP contribution < -0.4 is 14.4 Å². The number of nitrogens with one attached hydrogen (secondary N) is 1. The maximum Gasteiger partial charge on any atom is 0.242 e. The van der Waals surface area contributed by atoms with Crippen molar-refractivity contribution in [2.75, 3.05) is 30.8 Å². The van der Waals surface area contributed by atoms with E-state index >= 15 is 0 Å². The summed E-state index contributed by atoms with van der Waals surface area (Å²) in [5.41, 5.74) is 1.27.